The van der Waals surface area contributed by atoms with Crippen LogP contribution in [0.1, 0.15) is 77.0 Å². The van der Waals surface area contributed by atoms with Crippen LogP contribution in [0, 0.1) is 5.41 Å². The fraction of sp³-hybridized carbons (Fsp3) is 1.00. The Labute approximate surface area is 134 Å². The molecule has 0 unspecified atom stereocenters. The summed E-state index contributed by atoms with van der Waals surface area (Å²) in [4.78, 5) is 0. The van der Waals surface area contributed by atoms with Gasteiger partial charge in [0.25, 0.3) is 0 Å². The highest BCUT2D eigenvalue weighted by molar-refractivity contribution is 8.13. The van der Waals surface area contributed by atoms with Crippen molar-refractivity contribution in [3.05, 3.63) is 0 Å². The van der Waals surface area contributed by atoms with Crippen LogP contribution in [0.5, 0.6) is 0 Å². The van der Waals surface area contributed by atoms with Crippen LogP contribution in [-0.4, -0.2) is 26.9 Å². The highest BCUT2D eigenvalue weighted by Gasteiger charge is 2.36. The maximum atomic E-state index is 11.6. The molecule has 2 saturated carbocycles. The number of ether oxygens (including phenoxy) is 1. The molecule has 0 aromatic carbocycles. The minimum Gasteiger partial charge on any atom is -0.378 e. The first kappa shape index (κ1) is 17.6. The third-order valence-electron chi connectivity index (χ3n) is 5.07. The van der Waals surface area contributed by atoms with Crippen molar-refractivity contribution in [1.82, 2.24) is 0 Å². The normalized spacial score (nSPS) is 25.2. The summed E-state index contributed by atoms with van der Waals surface area (Å²) in [6.07, 6.45) is 14.1. The van der Waals surface area contributed by atoms with Crippen LogP contribution in [0.25, 0.3) is 0 Å². The molecule has 0 amide bonds. The molecule has 5 heteroatoms. The second kappa shape index (κ2) is 8.16. The molecule has 0 aromatic heterocycles. The zero-order valence-electron chi connectivity index (χ0n) is 13.0. The lowest BCUT2D eigenvalue weighted by Gasteiger charge is -2.33. The highest BCUT2D eigenvalue weighted by Crippen LogP contribution is 2.38. The Balaban J connectivity index is 1.97. The number of halogens is 1. The van der Waals surface area contributed by atoms with Gasteiger partial charge in [-0.05, 0) is 25.7 Å². The van der Waals surface area contributed by atoms with Crippen LogP contribution in [-0.2, 0) is 13.8 Å². The topological polar surface area (TPSA) is 43.4 Å². The molecular formula is C16H29ClO3S. The lowest BCUT2D eigenvalue weighted by molar-refractivity contribution is -0.0142. The Hall–Kier alpha value is 0.200. The molecule has 0 aliphatic heterocycles. The van der Waals surface area contributed by atoms with Crippen LogP contribution in [0.15, 0.2) is 0 Å². The Kier molecular flexibility index (Phi) is 6.82. The van der Waals surface area contributed by atoms with Gasteiger partial charge in [-0.3, -0.25) is 0 Å². The number of hydrogen-bond donors (Lipinski definition) is 0. The molecule has 0 atom stereocenters. The van der Waals surface area contributed by atoms with E-state index < -0.39 is 9.05 Å². The number of rotatable bonds is 5. The largest absolute Gasteiger partial charge is 0.378 e. The highest BCUT2D eigenvalue weighted by atomic mass is 35.7. The van der Waals surface area contributed by atoms with Gasteiger partial charge in [0.15, 0.2) is 0 Å². The molecule has 3 nitrogen and oxygen atoms in total. The van der Waals surface area contributed by atoms with E-state index in [2.05, 4.69) is 0 Å². The molecule has 2 aliphatic carbocycles. The van der Waals surface area contributed by atoms with Crippen molar-refractivity contribution in [1.29, 1.82) is 0 Å². The van der Waals surface area contributed by atoms with E-state index in [-0.39, 0.29) is 11.2 Å². The van der Waals surface area contributed by atoms with Gasteiger partial charge in [-0.15, -0.1) is 0 Å². The minimum absolute atomic E-state index is 0.0777. The Morgan fingerprint density at radius 2 is 1.43 bits per heavy atom. The van der Waals surface area contributed by atoms with Crippen LogP contribution in [0.4, 0.5) is 0 Å². The van der Waals surface area contributed by atoms with Gasteiger partial charge in [0.1, 0.15) is 0 Å². The molecule has 2 rings (SSSR count). The fourth-order valence-electron chi connectivity index (χ4n) is 3.88. The SMILES string of the molecule is O=S(=O)(Cl)CC1(COC2CCCCCC2)CCCCCC1. The van der Waals surface area contributed by atoms with Crippen molar-refractivity contribution >= 4 is 19.7 Å². The van der Waals surface area contributed by atoms with E-state index in [1.165, 1.54) is 38.5 Å². The molecule has 124 valence electrons. The van der Waals surface area contributed by atoms with E-state index in [1.54, 1.807) is 0 Å². The molecule has 0 radical (unpaired) electrons. The number of hydrogen-bond acceptors (Lipinski definition) is 3. The van der Waals surface area contributed by atoms with E-state index in [0.717, 1.165) is 38.5 Å². The van der Waals surface area contributed by atoms with Crippen molar-refractivity contribution in [2.24, 2.45) is 5.41 Å². The average molecular weight is 337 g/mol. The lowest BCUT2D eigenvalue weighted by atomic mass is 9.83. The Bertz CT molecular complexity index is 392. The van der Waals surface area contributed by atoms with Gasteiger partial charge in [-0.2, -0.15) is 0 Å². The van der Waals surface area contributed by atoms with Gasteiger partial charge >= 0.3 is 0 Å². The molecular weight excluding hydrogens is 308 g/mol. The van der Waals surface area contributed by atoms with Gasteiger partial charge in [0, 0.05) is 16.1 Å². The van der Waals surface area contributed by atoms with Crippen molar-refractivity contribution < 1.29 is 13.2 Å². The van der Waals surface area contributed by atoms with E-state index in [9.17, 15) is 8.42 Å². The third-order valence-corrected chi connectivity index (χ3v) is 6.35. The maximum Gasteiger partial charge on any atom is 0.233 e. The van der Waals surface area contributed by atoms with E-state index in [0.29, 0.717) is 12.7 Å². The van der Waals surface area contributed by atoms with E-state index >= 15 is 0 Å². The fourth-order valence-corrected chi connectivity index (χ4v) is 5.68. The van der Waals surface area contributed by atoms with Crippen molar-refractivity contribution in [3.63, 3.8) is 0 Å². The standard InChI is InChI=1S/C16H29ClO3S/c17-21(18,19)14-16(11-7-3-4-8-12-16)13-20-15-9-5-1-2-6-10-15/h15H,1-14H2. The molecule has 0 bridgehead atoms. The quantitative estimate of drug-likeness (QED) is 0.542. The monoisotopic (exact) mass is 336 g/mol. The first-order valence-corrected chi connectivity index (χ1v) is 11.0. The van der Waals surface area contributed by atoms with Crippen molar-refractivity contribution in [2.75, 3.05) is 12.4 Å². The molecule has 0 heterocycles. The molecule has 21 heavy (non-hydrogen) atoms. The van der Waals surface area contributed by atoms with Gasteiger partial charge in [0.2, 0.25) is 9.05 Å². The first-order valence-electron chi connectivity index (χ1n) is 8.53. The Morgan fingerprint density at radius 1 is 0.905 bits per heavy atom. The van der Waals surface area contributed by atoms with E-state index in [4.69, 9.17) is 15.4 Å². The summed E-state index contributed by atoms with van der Waals surface area (Å²) in [6, 6.07) is 0. The maximum absolute atomic E-state index is 11.6. The summed E-state index contributed by atoms with van der Waals surface area (Å²) < 4.78 is 29.4. The zero-order chi connectivity index (χ0) is 15.2. The predicted octanol–water partition coefficient (Wildman–Crippen LogP) is 4.64. The second-order valence-corrected chi connectivity index (χ2v) is 9.80. The molecule has 0 saturated heterocycles. The van der Waals surface area contributed by atoms with Gasteiger partial charge in [0.05, 0.1) is 18.5 Å². The summed E-state index contributed by atoms with van der Waals surface area (Å²) in [7, 11) is 2.11. The average Bonchev–Trinajstić information content (AvgIpc) is 2.77. The summed E-state index contributed by atoms with van der Waals surface area (Å²) in [5.41, 5.74) is -0.247. The van der Waals surface area contributed by atoms with Crippen LogP contribution in [0.2, 0.25) is 0 Å². The summed E-state index contributed by atoms with van der Waals surface area (Å²) >= 11 is 0. The summed E-state index contributed by atoms with van der Waals surface area (Å²) in [5.74, 6) is 0.0777. The molecule has 0 N–H and O–H groups in total. The molecule has 0 aromatic rings. The summed E-state index contributed by atoms with van der Waals surface area (Å²) in [6.45, 7) is 0.573. The smallest absolute Gasteiger partial charge is 0.233 e. The van der Waals surface area contributed by atoms with Crippen molar-refractivity contribution in [3.8, 4) is 0 Å². The second-order valence-electron chi connectivity index (χ2n) is 7.02. The van der Waals surface area contributed by atoms with Gasteiger partial charge in [-0.1, -0.05) is 51.4 Å². The zero-order valence-corrected chi connectivity index (χ0v) is 14.6. The summed E-state index contributed by atoms with van der Waals surface area (Å²) in [5, 5.41) is 0. The first-order chi connectivity index (χ1) is 9.99. The molecule has 2 fully saturated rings. The van der Waals surface area contributed by atoms with Crippen molar-refractivity contribution in [2.45, 2.75) is 83.2 Å². The van der Waals surface area contributed by atoms with E-state index in [1.807, 2.05) is 0 Å². The lowest BCUT2D eigenvalue weighted by Crippen LogP contribution is -2.35. The molecule has 2 aliphatic rings. The Morgan fingerprint density at radius 3 is 1.95 bits per heavy atom. The van der Waals surface area contributed by atoms with Gasteiger partial charge < -0.3 is 4.74 Å². The van der Waals surface area contributed by atoms with Crippen LogP contribution >= 0.6 is 10.7 Å². The third kappa shape index (κ3) is 6.45. The van der Waals surface area contributed by atoms with Gasteiger partial charge in [-0.25, -0.2) is 8.42 Å². The van der Waals surface area contributed by atoms with Crippen LogP contribution in [0.3, 0.4) is 0 Å². The predicted molar refractivity (Wildman–Crippen MR) is 87.2 cm³/mol. The van der Waals surface area contributed by atoms with Crippen LogP contribution < -0.4 is 0 Å². The molecule has 0 spiro atoms. The minimum atomic E-state index is -3.47.